The van der Waals surface area contributed by atoms with Crippen molar-refractivity contribution in [3.8, 4) is 0 Å². The number of nitrogens with two attached hydrogens (primary N) is 1. The number of hydrogen-bond donors (Lipinski definition) is 1. The highest BCUT2D eigenvalue weighted by atomic mass is 32.2. The number of benzene rings is 1. The Morgan fingerprint density at radius 1 is 1.56 bits per heavy atom. The minimum atomic E-state index is -0.118. The van der Waals surface area contributed by atoms with Crippen LogP contribution in [0.2, 0.25) is 0 Å². The third kappa shape index (κ3) is 3.18. The molecule has 0 amide bonds. The first kappa shape index (κ1) is 13.7. The Bertz CT molecular complexity index is 409. The van der Waals surface area contributed by atoms with Crippen LogP contribution in [0.5, 0.6) is 0 Å². The average Bonchev–Trinajstić information content (AvgIpc) is 2.28. The number of anilines is 1. The Labute approximate surface area is 113 Å². The highest BCUT2D eigenvalue weighted by Gasteiger charge is 2.22. The van der Waals surface area contributed by atoms with Crippen molar-refractivity contribution in [2.75, 3.05) is 23.7 Å². The summed E-state index contributed by atoms with van der Waals surface area (Å²) in [6.45, 7) is 5.99. The van der Waals surface area contributed by atoms with Gasteiger partial charge in [0.25, 0.3) is 0 Å². The second-order valence-electron chi connectivity index (χ2n) is 5.06. The maximum absolute atomic E-state index is 14.1. The lowest BCUT2D eigenvalue weighted by molar-refractivity contribution is 0.610. The zero-order valence-electron chi connectivity index (χ0n) is 11.0. The molecule has 1 aromatic carbocycles. The van der Waals surface area contributed by atoms with Crippen LogP contribution in [-0.4, -0.2) is 30.1 Å². The lowest BCUT2D eigenvalue weighted by atomic mass is 10.0. The highest BCUT2D eigenvalue weighted by Crippen LogP contribution is 2.29. The first-order chi connectivity index (χ1) is 8.58. The third-order valence-corrected chi connectivity index (χ3v) is 4.31. The van der Waals surface area contributed by atoms with Gasteiger partial charge in [-0.05, 0) is 25.0 Å². The lowest BCUT2D eigenvalue weighted by Crippen LogP contribution is -2.38. The molecule has 18 heavy (non-hydrogen) atoms. The number of hydrogen-bond acceptors (Lipinski definition) is 3. The smallest absolute Gasteiger partial charge is 0.146 e. The van der Waals surface area contributed by atoms with Gasteiger partial charge in [0.1, 0.15) is 5.82 Å². The van der Waals surface area contributed by atoms with Gasteiger partial charge < -0.3 is 10.6 Å². The fourth-order valence-corrected chi connectivity index (χ4v) is 3.46. The van der Waals surface area contributed by atoms with Gasteiger partial charge in [-0.25, -0.2) is 4.39 Å². The van der Waals surface area contributed by atoms with E-state index in [1.807, 2.05) is 24.8 Å². The molecule has 100 valence electrons. The van der Waals surface area contributed by atoms with E-state index >= 15 is 0 Å². The fourth-order valence-electron chi connectivity index (χ4n) is 2.45. The molecule has 0 aliphatic carbocycles. The summed E-state index contributed by atoms with van der Waals surface area (Å²) in [5, 5.41) is 0.557. The van der Waals surface area contributed by atoms with Crippen LogP contribution in [0.3, 0.4) is 0 Å². The molecule has 1 saturated heterocycles. The van der Waals surface area contributed by atoms with Gasteiger partial charge >= 0.3 is 0 Å². The molecule has 0 aromatic heterocycles. The minimum absolute atomic E-state index is 0.0575. The van der Waals surface area contributed by atoms with Gasteiger partial charge in [-0.1, -0.05) is 19.1 Å². The topological polar surface area (TPSA) is 29.3 Å². The minimum Gasteiger partial charge on any atom is -0.367 e. The van der Waals surface area contributed by atoms with Crippen LogP contribution < -0.4 is 10.6 Å². The summed E-state index contributed by atoms with van der Waals surface area (Å²) in [5.74, 6) is 0.944. The van der Waals surface area contributed by atoms with Crippen molar-refractivity contribution in [2.24, 2.45) is 5.73 Å². The summed E-state index contributed by atoms with van der Waals surface area (Å²) in [6.07, 6.45) is 0.727. The number of para-hydroxylation sites is 1. The van der Waals surface area contributed by atoms with E-state index in [9.17, 15) is 4.39 Å². The quantitative estimate of drug-likeness (QED) is 0.914. The lowest BCUT2D eigenvalue weighted by Gasteiger charge is -2.34. The average molecular weight is 268 g/mol. The maximum atomic E-state index is 14.1. The zero-order chi connectivity index (χ0) is 13.1. The van der Waals surface area contributed by atoms with Gasteiger partial charge in [0.05, 0.1) is 5.69 Å². The van der Waals surface area contributed by atoms with Gasteiger partial charge in [0, 0.05) is 30.1 Å². The van der Waals surface area contributed by atoms with Crippen LogP contribution in [0.15, 0.2) is 18.2 Å². The monoisotopic (exact) mass is 268 g/mol. The fraction of sp³-hybridized carbons (Fsp3) is 0.571. The van der Waals surface area contributed by atoms with Crippen molar-refractivity contribution in [3.05, 3.63) is 29.6 Å². The SMILES string of the molecule is CC(N)Cc1cccc(F)c1N1CCSC(C)C1. The second kappa shape index (κ2) is 5.93. The van der Waals surface area contributed by atoms with Gasteiger partial charge in [-0.15, -0.1) is 0 Å². The van der Waals surface area contributed by atoms with E-state index in [2.05, 4.69) is 11.8 Å². The van der Waals surface area contributed by atoms with Crippen LogP contribution in [-0.2, 0) is 6.42 Å². The van der Waals surface area contributed by atoms with Crippen molar-refractivity contribution in [2.45, 2.75) is 31.6 Å². The highest BCUT2D eigenvalue weighted by molar-refractivity contribution is 8.00. The second-order valence-corrected chi connectivity index (χ2v) is 6.60. The van der Waals surface area contributed by atoms with Crippen LogP contribution >= 0.6 is 11.8 Å². The molecule has 0 bridgehead atoms. The van der Waals surface area contributed by atoms with Crippen molar-refractivity contribution >= 4 is 17.4 Å². The summed E-state index contributed by atoms with van der Waals surface area (Å²) in [5.41, 5.74) is 7.65. The molecule has 2 atom stereocenters. The van der Waals surface area contributed by atoms with E-state index in [4.69, 9.17) is 5.73 Å². The van der Waals surface area contributed by atoms with Gasteiger partial charge in [0.2, 0.25) is 0 Å². The third-order valence-electron chi connectivity index (χ3n) is 3.17. The number of rotatable bonds is 3. The van der Waals surface area contributed by atoms with E-state index in [-0.39, 0.29) is 11.9 Å². The van der Waals surface area contributed by atoms with E-state index in [1.165, 1.54) is 0 Å². The molecule has 1 heterocycles. The molecule has 2 unspecified atom stereocenters. The summed E-state index contributed by atoms with van der Waals surface area (Å²) < 4.78 is 14.1. The summed E-state index contributed by atoms with van der Waals surface area (Å²) in [6, 6.07) is 5.38. The summed E-state index contributed by atoms with van der Waals surface area (Å²) in [7, 11) is 0. The number of nitrogens with zero attached hydrogens (tertiary/aromatic N) is 1. The molecule has 2 rings (SSSR count). The molecule has 2 nitrogen and oxygen atoms in total. The van der Waals surface area contributed by atoms with Crippen molar-refractivity contribution in [1.29, 1.82) is 0 Å². The zero-order valence-corrected chi connectivity index (χ0v) is 11.8. The van der Waals surface area contributed by atoms with Crippen LogP contribution in [0.4, 0.5) is 10.1 Å². The molecule has 1 aromatic rings. The Hall–Kier alpha value is -0.740. The Balaban J connectivity index is 2.29. The molecule has 4 heteroatoms. The van der Waals surface area contributed by atoms with Crippen LogP contribution in [0.1, 0.15) is 19.4 Å². The first-order valence-electron chi connectivity index (χ1n) is 6.47. The van der Waals surface area contributed by atoms with E-state index < -0.39 is 0 Å². The molecular formula is C14H21FN2S. The predicted molar refractivity (Wildman–Crippen MR) is 77.9 cm³/mol. The standard InChI is InChI=1S/C14H21FN2S/c1-10(16)8-12-4-3-5-13(15)14(12)17-6-7-18-11(2)9-17/h3-5,10-11H,6-9,16H2,1-2H3. The van der Waals surface area contributed by atoms with E-state index in [1.54, 1.807) is 12.1 Å². The normalized spacial score (nSPS) is 22.0. The van der Waals surface area contributed by atoms with Crippen LogP contribution in [0, 0.1) is 5.82 Å². The van der Waals surface area contributed by atoms with Crippen LogP contribution in [0.25, 0.3) is 0 Å². The number of thioether (sulfide) groups is 1. The molecule has 0 radical (unpaired) electrons. The molecule has 1 aliphatic rings. The molecule has 0 spiro atoms. The van der Waals surface area contributed by atoms with E-state index in [0.29, 0.717) is 5.25 Å². The predicted octanol–water partition coefficient (Wildman–Crippen LogP) is 2.66. The van der Waals surface area contributed by atoms with E-state index in [0.717, 1.165) is 36.5 Å². The van der Waals surface area contributed by atoms with Crippen molar-refractivity contribution in [1.82, 2.24) is 0 Å². The molecule has 0 saturated carbocycles. The first-order valence-corrected chi connectivity index (χ1v) is 7.52. The van der Waals surface area contributed by atoms with Gasteiger partial charge in [0.15, 0.2) is 0 Å². The Morgan fingerprint density at radius 2 is 2.33 bits per heavy atom. The Morgan fingerprint density at radius 3 is 3.00 bits per heavy atom. The molecule has 1 aliphatic heterocycles. The van der Waals surface area contributed by atoms with Gasteiger partial charge in [-0.3, -0.25) is 0 Å². The van der Waals surface area contributed by atoms with Crippen molar-refractivity contribution in [3.63, 3.8) is 0 Å². The molecule has 2 N–H and O–H groups in total. The number of halogens is 1. The summed E-state index contributed by atoms with van der Waals surface area (Å²) >= 11 is 1.95. The summed E-state index contributed by atoms with van der Waals surface area (Å²) in [4.78, 5) is 2.17. The Kier molecular flexibility index (Phi) is 4.51. The molecular weight excluding hydrogens is 247 g/mol. The van der Waals surface area contributed by atoms with Crippen molar-refractivity contribution < 1.29 is 4.39 Å². The molecule has 1 fully saturated rings. The van der Waals surface area contributed by atoms with Gasteiger partial charge in [-0.2, -0.15) is 11.8 Å². The largest absolute Gasteiger partial charge is 0.367 e. The maximum Gasteiger partial charge on any atom is 0.146 e.